The third kappa shape index (κ3) is 7.88. The Morgan fingerprint density at radius 2 is 1.72 bits per heavy atom. The summed E-state index contributed by atoms with van der Waals surface area (Å²) in [7, 11) is 0. The quantitative estimate of drug-likeness (QED) is 0.395. The van der Waals surface area contributed by atoms with Crippen LogP contribution in [0.25, 0.3) is 6.08 Å². The van der Waals surface area contributed by atoms with Gasteiger partial charge in [0.2, 0.25) is 0 Å². The van der Waals surface area contributed by atoms with Crippen molar-refractivity contribution < 1.29 is 29.6 Å². The van der Waals surface area contributed by atoms with Gasteiger partial charge in [0.25, 0.3) is 0 Å². The van der Waals surface area contributed by atoms with Gasteiger partial charge in [-0.3, -0.25) is 4.79 Å². The molecule has 1 unspecified atom stereocenters. The maximum absolute atomic E-state index is 13.6. The second-order valence-corrected chi connectivity index (χ2v) is 8.07. The summed E-state index contributed by atoms with van der Waals surface area (Å²) in [6.45, 7) is 0. The molecule has 29 heavy (non-hydrogen) atoms. The molecule has 0 amide bonds. The monoisotopic (exact) mass is 408 g/mol. The lowest BCUT2D eigenvalue weighted by atomic mass is 9.85. The lowest BCUT2D eigenvalue weighted by Gasteiger charge is -2.24. The van der Waals surface area contributed by atoms with Gasteiger partial charge in [0.05, 0.1) is 18.3 Å². The molecule has 1 aromatic carbocycles. The molecule has 0 saturated heterocycles. The highest BCUT2D eigenvalue weighted by atomic mass is 19.1. The molecule has 1 aliphatic rings. The van der Waals surface area contributed by atoms with Crippen LogP contribution in [0.4, 0.5) is 4.39 Å². The van der Waals surface area contributed by atoms with E-state index in [2.05, 4.69) is 0 Å². The summed E-state index contributed by atoms with van der Waals surface area (Å²) in [6, 6.07) is 6.36. The molecule has 0 bridgehead atoms. The van der Waals surface area contributed by atoms with Gasteiger partial charge in [-0.05, 0) is 50.0 Å². The summed E-state index contributed by atoms with van der Waals surface area (Å²) in [5.74, 6) is -1.19. The van der Waals surface area contributed by atoms with Crippen molar-refractivity contribution in [1.82, 2.24) is 0 Å². The predicted octanol–water partition coefficient (Wildman–Crippen LogP) is 3.76. The lowest BCUT2D eigenvalue weighted by Crippen LogP contribution is -2.23. The van der Waals surface area contributed by atoms with E-state index in [4.69, 9.17) is 5.11 Å². The fraction of sp³-hybridized carbons (Fsp3) is 0.609. The fourth-order valence-corrected chi connectivity index (χ4v) is 4.27. The largest absolute Gasteiger partial charge is 0.481 e. The number of benzene rings is 1. The first kappa shape index (κ1) is 23.5. The highest BCUT2D eigenvalue weighted by molar-refractivity contribution is 5.66. The molecule has 1 fully saturated rings. The van der Waals surface area contributed by atoms with E-state index in [9.17, 15) is 24.5 Å². The molecule has 5 atom stereocenters. The molecule has 0 heterocycles. The Hall–Kier alpha value is -1.76. The molecule has 5 nitrogen and oxygen atoms in total. The molecule has 1 aromatic rings. The molecule has 0 aliphatic heterocycles. The summed E-state index contributed by atoms with van der Waals surface area (Å²) >= 11 is 0. The van der Waals surface area contributed by atoms with E-state index < -0.39 is 24.3 Å². The van der Waals surface area contributed by atoms with Gasteiger partial charge in [0.15, 0.2) is 0 Å². The summed E-state index contributed by atoms with van der Waals surface area (Å²) in [6.07, 6.45) is 6.94. The van der Waals surface area contributed by atoms with Crippen LogP contribution in [-0.4, -0.2) is 44.7 Å². The Kier molecular flexibility index (Phi) is 9.78. The normalized spacial score (nSPS) is 25.5. The van der Waals surface area contributed by atoms with Gasteiger partial charge in [-0.15, -0.1) is 0 Å². The number of carboxylic acids is 1. The standard InChI is InChI=1S/C23H33FO5/c24-20-9-6-5-7-16(20)11-12-17(25)13-14-19-18(21(26)15-22(19)27)8-3-1-2-4-10-23(28)29/h5-7,9,11-12,17-19,21-22,25-27H,1-4,8,10,13-15H2,(H,28,29)/b12-11-/t17?,18-,19-,21+,22-/m1/s1. The van der Waals surface area contributed by atoms with Crippen LogP contribution in [0.2, 0.25) is 0 Å². The number of aliphatic carboxylic acids is 1. The van der Waals surface area contributed by atoms with Gasteiger partial charge in [-0.25, -0.2) is 4.39 Å². The third-order valence-corrected chi connectivity index (χ3v) is 5.90. The Balaban J connectivity index is 1.77. The molecular weight excluding hydrogens is 375 g/mol. The van der Waals surface area contributed by atoms with Crippen LogP contribution in [-0.2, 0) is 4.79 Å². The SMILES string of the molecule is O=C(O)CCCCCC[C@@H]1[C@@H](CCC(O)/C=C\c2ccccc2F)[C@H](O)C[C@@H]1O. The van der Waals surface area contributed by atoms with Crippen molar-refractivity contribution in [2.45, 2.75) is 76.1 Å². The highest BCUT2D eigenvalue weighted by Gasteiger charge is 2.40. The molecule has 0 aromatic heterocycles. The van der Waals surface area contributed by atoms with Crippen molar-refractivity contribution in [3.05, 3.63) is 41.7 Å². The number of carbonyl (C=O) groups is 1. The fourth-order valence-electron chi connectivity index (χ4n) is 4.27. The van der Waals surface area contributed by atoms with Crippen LogP contribution in [0.15, 0.2) is 30.3 Å². The maximum Gasteiger partial charge on any atom is 0.303 e. The molecular formula is C23H33FO5. The zero-order valence-electron chi connectivity index (χ0n) is 16.8. The number of aliphatic hydroxyl groups excluding tert-OH is 3. The van der Waals surface area contributed by atoms with Gasteiger partial charge in [-0.1, -0.05) is 49.6 Å². The zero-order valence-corrected chi connectivity index (χ0v) is 16.8. The van der Waals surface area contributed by atoms with Crippen molar-refractivity contribution in [3.63, 3.8) is 0 Å². The second kappa shape index (κ2) is 12.1. The summed E-state index contributed by atoms with van der Waals surface area (Å²) in [4.78, 5) is 10.5. The number of aliphatic hydroxyl groups is 3. The molecule has 6 heteroatoms. The van der Waals surface area contributed by atoms with Crippen LogP contribution >= 0.6 is 0 Å². The van der Waals surface area contributed by atoms with Gasteiger partial charge in [-0.2, -0.15) is 0 Å². The number of unbranched alkanes of at least 4 members (excludes halogenated alkanes) is 3. The average Bonchev–Trinajstić information content (AvgIpc) is 2.94. The summed E-state index contributed by atoms with van der Waals surface area (Å²) in [5.41, 5.74) is 0.420. The number of halogens is 1. The van der Waals surface area contributed by atoms with E-state index in [0.717, 1.165) is 25.7 Å². The average molecular weight is 409 g/mol. The topological polar surface area (TPSA) is 98.0 Å². The van der Waals surface area contributed by atoms with E-state index in [1.165, 1.54) is 6.07 Å². The third-order valence-electron chi connectivity index (χ3n) is 5.90. The Morgan fingerprint density at radius 1 is 1.07 bits per heavy atom. The van der Waals surface area contributed by atoms with E-state index in [0.29, 0.717) is 31.2 Å². The van der Waals surface area contributed by atoms with Crippen molar-refractivity contribution in [3.8, 4) is 0 Å². The summed E-state index contributed by atoms with van der Waals surface area (Å²) in [5, 5.41) is 39.5. The number of carboxylic acid groups (broad SMARTS) is 1. The van der Waals surface area contributed by atoms with Crippen LogP contribution in [0.3, 0.4) is 0 Å². The smallest absolute Gasteiger partial charge is 0.303 e. The van der Waals surface area contributed by atoms with Gasteiger partial charge in [0, 0.05) is 12.0 Å². The van der Waals surface area contributed by atoms with Crippen molar-refractivity contribution in [1.29, 1.82) is 0 Å². The predicted molar refractivity (Wildman–Crippen MR) is 110 cm³/mol. The zero-order chi connectivity index (χ0) is 21.2. The Labute approximate surface area is 171 Å². The number of hydrogen-bond donors (Lipinski definition) is 4. The Bertz CT molecular complexity index is 662. The molecule has 2 rings (SSSR count). The minimum atomic E-state index is -0.776. The first-order valence-corrected chi connectivity index (χ1v) is 10.6. The van der Waals surface area contributed by atoms with Crippen LogP contribution in [0, 0.1) is 17.7 Å². The van der Waals surface area contributed by atoms with E-state index >= 15 is 0 Å². The minimum absolute atomic E-state index is 0.00720. The highest BCUT2D eigenvalue weighted by Crippen LogP contribution is 2.39. The van der Waals surface area contributed by atoms with Crippen molar-refractivity contribution in [2.24, 2.45) is 11.8 Å². The van der Waals surface area contributed by atoms with Crippen LogP contribution in [0.1, 0.15) is 63.4 Å². The van der Waals surface area contributed by atoms with Crippen molar-refractivity contribution in [2.75, 3.05) is 0 Å². The number of rotatable bonds is 12. The minimum Gasteiger partial charge on any atom is -0.481 e. The molecule has 0 radical (unpaired) electrons. The van der Waals surface area contributed by atoms with Crippen LogP contribution in [0.5, 0.6) is 0 Å². The number of hydrogen-bond acceptors (Lipinski definition) is 4. The molecule has 1 saturated carbocycles. The summed E-state index contributed by atoms with van der Waals surface area (Å²) < 4.78 is 13.6. The molecule has 0 spiro atoms. The van der Waals surface area contributed by atoms with E-state index in [1.807, 2.05) is 0 Å². The van der Waals surface area contributed by atoms with Crippen molar-refractivity contribution >= 4 is 12.0 Å². The lowest BCUT2D eigenvalue weighted by molar-refractivity contribution is -0.137. The maximum atomic E-state index is 13.6. The molecule has 1 aliphatic carbocycles. The van der Waals surface area contributed by atoms with E-state index in [1.54, 1.807) is 30.4 Å². The molecule has 162 valence electrons. The first-order chi connectivity index (χ1) is 13.9. The first-order valence-electron chi connectivity index (χ1n) is 10.6. The van der Waals surface area contributed by atoms with Gasteiger partial charge < -0.3 is 20.4 Å². The van der Waals surface area contributed by atoms with E-state index in [-0.39, 0.29) is 24.1 Å². The Morgan fingerprint density at radius 3 is 2.41 bits per heavy atom. The van der Waals surface area contributed by atoms with Gasteiger partial charge in [0.1, 0.15) is 5.82 Å². The molecule has 4 N–H and O–H groups in total. The second-order valence-electron chi connectivity index (χ2n) is 8.07. The van der Waals surface area contributed by atoms with Gasteiger partial charge >= 0.3 is 5.97 Å². The van der Waals surface area contributed by atoms with Crippen LogP contribution < -0.4 is 0 Å².